The molecule has 2 aromatic rings. The molecule has 1 aliphatic carbocycles. The Morgan fingerprint density at radius 1 is 1.22 bits per heavy atom. The second-order valence-corrected chi connectivity index (χ2v) is 8.75. The number of aliphatic carboxylic acids is 1. The van der Waals surface area contributed by atoms with Crippen LogP contribution in [-0.4, -0.2) is 34.0 Å². The quantitative estimate of drug-likeness (QED) is 0.900. The summed E-state index contributed by atoms with van der Waals surface area (Å²) in [4.78, 5) is 19.3. The largest absolute Gasteiger partial charge is 0.481 e. The lowest BCUT2D eigenvalue weighted by Gasteiger charge is -2.52. The number of likely N-dealkylation sites (tertiary alicyclic amines) is 1. The molecule has 142 valence electrons. The molecule has 1 N–H and O–H groups in total. The fraction of sp³-hybridized carbons (Fsp3) is 0.478. The molecule has 2 unspecified atom stereocenters. The van der Waals surface area contributed by atoms with Crippen LogP contribution in [0, 0.1) is 18.3 Å². The smallest absolute Gasteiger partial charge is 0.310 e. The van der Waals surface area contributed by atoms with Gasteiger partial charge in [0.25, 0.3) is 0 Å². The summed E-state index contributed by atoms with van der Waals surface area (Å²) in [6.07, 6.45) is 4.17. The summed E-state index contributed by atoms with van der Waals surface area (Å²) < 4.78 is 0. The highest BCUT2D eigenvalue weighted by molar-refractivity contribution is 5.76. The molecule has 4 rings (SSSR count). The van der Waals surface area contributed by atoms with E-state index in [1.807, 2.05) is 19.2 Å². The van der Waals surface area contributed by atoms with E-state index in [1.54, 1.807) is 0 Å². The number of fused-ring (bicyclic) bond motifs is 2. The molecule has 4 heteroatoms. The van der Waals surface area contributed by atoms with Crippen molar-refractivity contribution in [3.05, 3.63) is 65.0 Å². The van der Waals surface area contributed by atoms with Crippen LogP contribution in [0.1, 0.15) is 42.7 Å². The summed E-state index contributed by atoms with van der Waals surface area (Å²) in [5.74, 6) is -0.493. The summed E-state index contributed by atoms with van der Waals surface area (Å²) in [7, 11) is 0. The number of hydrogen-bond acceptors (Lipinski definition) is 3. The number of carboxylic acids is 1. The first-order valence-electron chi connectivity index (χ1n) is 9.81. The van der Waals surface area contributed by atoms with E-state index in [0.29, 0.717) is 12.8 Å². The van der Waals surface area contributed by atoms with E-state index in [4.69, 9.17) is 0 Å². The molecule has 0 radical (unpaired) electrons. The van der Waals surface area contributed by atoms with E-state index in [0.717, 1.165) is 25.2 Å². The maximum absolute atomic E-state index is 12.4. The summed E-state index contributed by atoms with van der Waals surface area (Å²) in [5, 5.41) is 10.2. The van der Waals surface area contributed by atoms with Crippen LogP contribution in [0.5, 0.6) is 0 Å². The lowest BCUT2D eigenvalue weighted by atomic mass is 9.60. The normalized spacial score (nSPS) is 25.5. The average molecular weight is 364 g/mol. The Labute approximate surface area is 161 Å². The fourth-order valence-electron chi connectivity index (χ4n) is 4.97. The molecule has 2 heterocycles. The highest BCUT2D eigenvalue weighted by Crippen LogP contribution is 2.48. The Morgan fingerprint density at radius 2 is 1.96 bits per heavy atom. The molecule has 0 amide bonds. The van der Waals surface area contributed by atoms with E-state index in [2.05, 4.69) is 54.1 Å². The summed E-state index contributed by atoms with van der Waals surface area (Å²) >= 11 is 0. The van der Waals surface area contributed by atoms with E-state index in [-0.39, 0.29) is 11.5 Å². The average Bonchev–Trinajstić information content (AvgIpc) is 2.66. The monoisotopic (exact) mass is 364 g/mol. The molecule has 1 saturated heterocycles. The van der Waals surface area contributed by atoms with Crippen molar-refractivity contribution in [2.75, 3.05) is 13.1 Å². The zero-order valence-corrected chi connectivity index (χ0v) is 16.4. The third kappa shape index (κ3) is 2.96. The van der Waals surface area contributed by atoms with Gasteiger partial charge in [-0.1, -0.05) is 30.3 Å². The molecular weight excluding hydrogens is 336 g/mol. The van der Waals surface area contributed by atoms with Crippen LogP contribution < -0.4 is 0 Å². The molecule has 1 aliphatic heterocycles. The molecule has 0 spiro atoms. The minimum absolute atomic E-state index is 0.135. The van der Waals surface area contributed by atoms with Gasteiger partial charge in [0.05, 0.1) is 5.41 Å². The summed E-state index contributed by atoms with van der Waals surface area (Å²) in [6.45, 7) is 8.06. The van der Waals surface area contributed by atoms with Gasteiger partial charge in [-0.05, 0) is 68.7 Å². The van der Waals surface area contributed by atoms with Gasteiger partial charge in [0.15, 0.2) is 0 Å². The second-order valence-electron chi connectivity index (χ2n) is 8.75. The second kappa shape index (κ2) is 6.45. The van der Waals surface area contributed by atoms with E-state index >= 15 is 0 Å². The molecule has 2 atom stereocenters. The molecule has 1 aromatic heterocycles. The molecular formula is C23H28N2O2. The van der Waals surface area contributed by atoms with Crippen molar-refractivity contribution in [3.8, 4) is 0 Å². The van der Waals surface area contributed by atoms with Gasteiger partial charge in [0.1, 0.15) is 0 Å². The first kappa shape index (κ1) is 18.2. The lowest BCUT2D eigenvalue weighted by Crippen LogP contribution is -2.58. The zero-order valence-electron chi connectivity index (χ0n) is 16.4. The zero-order chi connectivity index (χ0) is 19.2. The Hall–Kier alpha value is -2.20. The van der Waals surface area contributed by atoms with Crippen molar-refractivity contribution in [2.24, 2.45) is 11.3 Å². The lowest BCUT2D eigenvalue weighted by molar-refractivity contribution is -0.159. The molecule has 4 nitrogen and oxygen atoms in total. The predicted octanol–water partition coefficient (Wildman–Crippen LogP) is 3.82. The highest BCUT2D eigenvalue weighted by Gasteiger charge is 2.52. The van der Waals surface area contributed by atoms with E-state index < -0.39 is 11.4 Å². The molecule has 1 aromatic carbocycles. The Bertz CT molecular complexity index is 859. The Morgan fingerprint density at radius 3 is 2.63 bits per heavy atom. The Kier molecular flexibility index (Phi) is 4.34. The van der Waals surface area contributed by atoms with Crippen LogP contribution in [0.2, 0.25) is 0 Å². The van der Waals surface area contributed by atoms with Crippen molar-refractivity contribution in [1.82, 2.24) is 9.88 Å². The summed E-state index contributed by atoms with van der Waals surface area (Å²) in [5.41, 5.74) is 3.94. The molecule has 1 fully saturated rings. The van der Waals surface area contributed by atoms with Crippen molar-refractivity contribution in [1.29, 1.82) is 0 Å². The number of nitrogens with zero attached hydrogens (tertiary/aromatic N) is 2. The van der Waals surface area contributed by atoms with E-state index in [1.165, 1.54) is 16.7 Å². The number of piperidine rings is 1. The standard InChI is InChI=1S/C23H28N2O2/c1-16-8-9-19(14-24-16)22(2,3)25-11-10-23(21(26)27)13-18-7-5-4-6-17(18)12-20(23)15-25/h4-9,14,20H,10-13,15H2,1-3H3,(H,26,27). The van der Waals surface area contributed by atoms with Crippen LogP contribution in [0.3, 0.4) is 0 Å². The molecule has 2 aliphatic rings. The molecule has 0 bridgehead atoms. The Balaban J connectivity index is 1.65. The van der Waals surface area contributed by atoms with Crippen LogP contribution in [0.25, 0.3) is 0 Å². The molecule has 27 heavy (non-hydrogen) atoms. The maximum atomic E-state index is 12.4. The number of rotatable bonds is 3. The van der Waals surface area contributed by atoms with Gasteiger partial charge in [-0.2, -0.15) is 0 Å². The first-order valence-corrected chi connectivity index (χ1v) is 9.81. The van der Waals surface area contributed by atoms with Crippen LogP contribution in [-0.2, 0) is 23.2 Å². The summed E-state index contributed by atoms with van der Waals surface area (Å²) in [6, 6.07) is 12.6. The predicted molar refractivity (Wildman–Crippen MR) is 106 cm³/mol. The number of aryl methyl sites for hydroxylation is 1. The van der Waals surface area contributed by atoms with Gasteiger partial charge in [0, 0.05) is 30.5 Å². The van der Waals surface area contributed by atoms with Crippen molar-refractivity contribution in [3.63, 3.8) is 0 Å². The third-order valence-electron chi connectivity index (χ3n) is 6.97. The van der Waals surface area contributed by atoms with Gasteiger partial charge in [0.2, 0.25) is 0 Å². The van der Waals surface area contributed by atoms with Gasteiger partial charge >= 0.3 is 5.97 Å². The minimum Gasteiger partial charge on any atom is -0.481 e. The van der Waals surface area contributed by atoms with Gasteiger partial charge in [-0.3, -0.25) is 14.7 Å². The topological polar surface area (TPSA) is 53.4 Å². The molecule has 0 saturated carbocycles. The minimum atomic E-state index is -0.632. The van der Waals surface area contributed by atoms with Gasteiger partial charge in [-0.25, -0.2) is 0 Å². The number of pyridine rings is 1. The third-order valence-corrected chi connectivity index (χ3v) is 6.97. The van der Waals surface area contributed by atoms with Crippen molar-refractivity contribution in [2.45, 2.75) is 45.6 Å². The number of aromatic nitrogens is 1. The highest BCUT2D eigenvalue weighted by atomic mass is 16.4. The number of carbonyl (C=O) groups is 1. The number of benzene rings is 1. The van der Waals surface area contributed by atoms with Gasteiger partial charge in [-0.15, -0.1) is 0 Å². The first-order chi connectivity index (χ1) is 12.8. The van der Waals surface area contributed by atoms with Gasteiger partial charge < -0.3 is 5.11 Å². The SMILES string of the molecule is Cc1ccc(C(C)(C)N2CCC3(C(=O)O)Cc4ccccc4CC3C2)cn1. The van der Waals surface area contributed by atoms with Crippen LogP contribution in [0.15, 0.2) is 42.6 Å². The number of hydrogen-bond donors (Lipinski definition) is 1. The van der Waals surface area contributed by atoms with E-state index in [9.17, 15) is 9.90 Å². The van der Waals surface area contributed by atoms with Crippen LogP contribution >= 0.6 is 0 Å². The van der Waals surface area contributed by atoms with Crippen molar-refractivity contribution < 1.29 is 9.90 Å². The fourth-order valence-corrected chi connectivity index (χ4v) is 4.97. The van der Waals surface area contributed by atoms with Crippen molar-refractivity contribution >= 4 is 5.97 Å². The maximum Gasteiger partial charge on any atom is 0.310 e. The number of carboxylic acid groups (broad SMARTS) is 1. The van der Waals surface area contributed by atoms with Crippen LogP contribution in [0.4, 0.5) is 0 Å².